The van der Waals surface area contributed by atoms with Gasteiger partial charge in [0.1, 0.15) is 5.69 Å². The number of carbonyl (C=O) groups excluding carboxylic acids is 1. The lowest BCUT2D eigenvalue weighted by Gasteiger charge is -2.36. The van der Waals surface area contributed by atoms with Crippen LogP contribution in [0.1, 0.15) is 42.7 Å². The maximum absolute atomic E-state index is 12.1. The molecule has 0 bridgehead atoms. The van der Waals surface area contributed by atoms with E-state index < -0.39 is 0 Å². The van der Waals surface area contributed by atoms with Crippen LogP contribution in [0.2, 0.25) is 0 Å². The van der Waals surface area contributed by atoms with E-state index >= 15 is 0 Å². The van der Waals surface area contributed by atoms with E-state index in [2.05, 4.69) is 46.2 Å². The first-order chi connectivity index (χ1) is 12.7. The Labute approximate surface area is 155 Å². The summed E-state index contributed by atoms with van der Waals surface area (Å²) < 4.78 is 0. The summed E-state index contributed by atoms with van der Waals surface area (Å²) in [5.41, 5.74) is 2.44. The van der Waals surface area contributed by atoms with Crippen molar-refractivity contribution in [3.8, 4) is 0 Å². The van der Waals surface area contributed by atoms with Crippen molar-refractivity contribution in [1.29, 1.82) is 0 Å². The summed E-state index contributed by atoms with van der Waals surface area (Å²) in [5, 5.41) is 2.86. The van der Waals surface area contributed by atoms with E-state index in [0.717, 1.165) is 23.9 Å². The van der Waals surface area contributed by atoms with E-state index in [4.69, 9.17) is 0 Å². The van der Waals surface area contributed by atoms with Gasteiger partial charge in [-0.3, -0.25) is 9.78 Å². The van der Waals surface area contributed by atoms with Crippen LogP contribution in [0, 0.1) is 11.8 Å². The molecule has 3 rings (SSSR count). The number of rotatable bonds is 6. The van der Waals surface area contributed by atoms with E-state index in [0.29, 0.717) is 5.69 Å². The molecule has 0 spiro atoms. The van der Waals surface area contributed by atoms with Crippen LogP contribution in [0.15, 0.2) is 42.9 Å². The quantitative estimate of drug-likeness (QED) is 0.862. The molecule has 1 amide bonds. The summed E-state index contributed by atoms with van der Waals surface area (Å²) in [6, 6.07) is 8.15. The molecular weight excluding hydrogens is 324 g/mol. The fourth-order valence-electron chi connectivity index (χ4n) is 3.71. The van der Waals surface area contributed by atoms with E-state index in [1.807, 2.05) is 12.1 Å². The molecule has 1 aromatic heterocycles. The van der Waals surface area contributed by atoms with Crippen molar-refractivity contribution in [3.63, 3.8) is 0 Å². The number of nitrogens with zero attached hydrogens (tertiary/aromatic N) is 3. The Bertz CT molecular complexity index is 702. The number of anilines is 1. The molecule has 1 aliphatic rings. The van der Waals surface area contributed by atoms with Crippen LogP contribution in [-0.4, -0.2) is 40.4 Å². The van der Waals surface area contributed by atoms with Gasteiger partial charge in [-0.25, -0.2) is 4.98 Å². The van der Waals surface area contributed by atoms with E-state index in [1.54, 1.807) is 6.20 Å². The fraction of sp³-hybridized carbons (Fsp3) is 0.476. The number of aromatic nitrogens is 2. The molecule has 0 aliphatic carbocycles. The minimum Gasteiger partial charge on any atom is -0.321 e. The molecule has 1 saturated heterocycles. The van der Waals surface area contributed by atoms with Crippen LogP contribution in [0.25, 0.3) is 0 Å². The number of hydrogen-bond donors (Lipinski definition) is 1. The van der Waals surface area contributed by atoms with Crippen molar-refractivity contribution in [1.82, 2.24) is 14.9 Å². The van der Waals surface area contributed by atoms with Gasteiger partial charge in [0.25, 0.3) is 5.91 Å². The number of likely N-dealkylation sites (tertiary alicyclic amines) is 1. The van der Waals surface area contributed by atoms with Gasteiger partial charge in [-0.1, -0.05) is 26.0 Å². The smallest absolute Gasteiger partial charge is 0.275 e. The summed E-state index contributed by atoms with van der Waals surface area (Å²) >= 11 is 0. The Morgan fingerprint density at radius 2 is 2.08 bits per heavy atom. The molecule has 0 radical (unpaired) electrons. The molecule has 138 valence electrons. The third kappa shape index (κ3) is 4.88. The zero-order chi connectivity index (χ0) is 18.4. The predicted molar refractivity (Wildman–Crippen MR) is 104 cm³/mol. The largest absolute Gasteiger partial charge is 0.321 e. The van der Waals surface area contributed by atoms with Gasteiger partial charge in [0, 0.05) is 24.6 Å². The number of nitrogens with one attached hydrogen (secondary N) is 1. The summed E-state index contributed by atoms with van der Waals surface area (Å²) in [7, 11) is 0. The second-order valence-corrected chi connectivity index (χ2v) is 7.20. The van der Waals surface area contributed by atoms with Gasteiger partial charge in [-0.2, -0.15) is 0 Å². The summed E-state index contributed by atoms with van der Waals surface area (Å²) in [5.74, 6) is 1.35. The predicted octanol–water partition coefficient (Wildman–Crippen LogP) is 3.64. The molecule has 2 atom stereocenters. The number of aryl methyl sites for hydroxylation is 1. The highest BCUT2D eigenvalue weighted by molar-refractivity contribution is 6.02. The van der Waals surface area contributed by atoms with E-state index in [-0.39, 0.29) is 5.91 Å². The second-order valence-electron chi connectivity index (χ2n) is 7.20. The second kappa shape index (κ2) is 8.90. The lowest BCUT2D eigenvalue weighted by Crippen LogP contribution is -2.39. The highest BCUT2D eigenvalue weighted by Crippen LogP contribution is 2.27. The normalized spacial score (nSPS) is 20.7. The van der Waals surface area contributed by atoms with Crippen molar-refractivity contribution in [2.45, 2.75) is 33.1 Å². The summed E-state index contributed by atoms with van der Waals surface area (Å²) in [6.07, 6.45) is 8.18. The Kier molecular flexibility index (Phi) is 6.34. The minimum absolute atomic E-state index is 0.234. The average molecular weight is 352 g/mol. The number of amides is 1. The Morgan fingerprint density at radius 3 is 2.73 bits per heavy atom. The van der Waals surface area contributed by atoms with Gasteiger partial charge >= 0.3 is 0 Å². The third-order valence-corrected chi connectivity index (χ3v) is 5.43. The SMILES string of the molecule is CCN1CC[C@@H](CCc2ccc(NC(=O)c3cnccn3)cc2)[C@H](C)C1. The molecule has 1 fully saturated rings. The van der Waals surface area contributed by atoms with Crippen molar-refractivity contribution >= 4 is 11.6 Å². The molecule has 0 saturated carbocycles. The van der Waals surface area contributed by atoms with Crippen LogP contribution >= 0.6 is 0 Å². The molecule has 1 aromatic carbocycles. The number of piperidine rings is 1. The first-order valence-electron chi connectivity index (χ1n) is 9.54. The van der Waals surface area contributed by atoms with Gasteiger partial charge in [0.15, 0.2) is 0 Å². The first-order valence-corrected chi connectivity index (χ1v) is 9.54. The van der Waals surface area contributed by atoms with Crippen molar-refractivity contribution < 1.29 is 4.79 Å². The molecule has 2 aromatic rings. The van der Waals surface area contributed by atoms with Crippen molar-refractivity contribution in [2.24, 2.45) is 11.8 Å². The molecular formula is C21H28N4O. The molecule has 2 heterocycles. The van der Waals surface area contributed by atoms with Gasteiger partial charge in [0.2, 0.25) is 0 Å². The van der Waals surface area contributed by atoms with Gasteiger partial charge in [0.05, 0.1) is 6.20 Å². The minimum atomic E-state index is -0.234. The third-order valence-electron chi connectivity index (χ3n) is 5.43. The van der Waals surface area contributed by atoms with Crippen LogP contribution in [-0.2, 0) is 6.42 Å². The fourth-order valence-corrected chi connectivity index (χ4v) is 3.71. The Hall–Kier alpha value is -2.27. The highest BCUT2D eigenvalue weighted by Gasteiger charge is 2.24. The molecule has 26 heavy (non-hydrogen) atoms. The summed E-state index contributed by atoms with van der Waals surface area (Å²) in [4.78, 5) is 22.6. The Morgan fingerprint density at radius 1 is 1.27 bits per heavy atom. The lowest BCUT2D eigenvalue weighted by molar-refractivity contribution is 0.102. The molecule has 5 nitrogen and oxygen atoms in total. The summed E-state index contributed by atoms with van der Waals surface area (Å²) in [6.45, 7) is 8.27. The molecule has 5 heteroatoms. The maximum Gasteiger partial charge on any atom is 0.275 e. The first kappa shape index (κ1) is 18.5. The van der Waals surface area contributed by atoms with Crippen LogP contribution in [0.5, 0.6) is 0 Å². The molecule has 1 aliphatic heterocycles. The zero-order valence-electron chi connectivity index (χ0n) is 15.7. The standard InChI is InChI=1S/C21H28N4O/c1-3-25-13-10-18(16(2)15-25)7-4-17-5-8-19(9-6-17)24-21(26)20-14-22-11-12-23-20/h5-6,8-9,11-12,14,16,18H,3-4,7,10,13,15H2,1-2H3,(H,24,26)/t16-,18-/m1/s1. The van der Waals surface area contributed by atoms with E-state index in [1.165, 1.54) is 50.4 Å². The number of carbonyl (C=O) groups is 1. The number of benzene rings is 1. The Balaban J connectivity index is 1.49. The van der Waals surface area contributed by atoms with Crippen molar-refractivity contribution in [3.05, 3.63) is 54.1 Å². The van der Waals surface area contributed by atoms with Gasteiger partial charge < -0.3 is 10.2 Å². The van der Waals surface area contributed by atoms with Crippen LogP contribution in [0.3, 0.4) is 0 Å². The zero-order valence-corrected chi connectivity index (χ0v) is 15.7. The van der Waals surface area contributed by atoms with Gasteiger partial charge in [-0.15, -0.1) is 0 Å². The molecule has 0 unspecified atom stereocenters. The average Bonchev–Trinajstić information content (AvgIpc) is 2.68. The van der Waals surface area contributed by atoms with Crippen LogP contribution < -0.4 is 5.32 Å². The molecule has 1 N–H and O–H groups in total. The monoisotopic (exact) mass is 352 g/mol. The van der Waals surface area contributed by atoms with Gasteiger partial charge in [-0.05, 0) is 61.9 Å². The lowest BCUT2D eigenvalue weighted by atomic mass is 9.83. The van der Waals surface area contributed by atoms with Crippen LogP contribution in [0.4, 0.5) is 5.69 Å². The maximum atomic E-state index is 12.1. The topological polar surface area (TPSA) is 58.1 Å². The van der Waals surface area contributed by atoms with Crippen molar-refractivity contribution in [2.75, 3.05) is 25.0 Å². The highest BCUT2D eigenvalue weighted by atomic mass is 16.1. The van der Waals surface area contributed by atoms with E-state index in [9.17, 15) is 4.79 Å². The number of hydrogen-bond acceptors (Lipinski definition) is 4.